The molecule has 0 saturated carbocycles. The summed E-state index contributed by atoms with van der Waals surface area (Å²) in [5.74, 6) is 2.50. The van der Waals surface area contributed by atoms with Crippen LogP contribution in [0.15, 0.2) is 17.4 Å². The predicted octanol–water partition coefficient (Wildman–Crippen LogP) is 1.08. The van der Waals surface area contributed by atoms with Crippen LogP contribution in [0.1, 0.15) is 12.2 Å². The van der Waals surface area contributed by atoms with Crippen molar-refractivity contribution >= 4 is 17.6 Å². The first kappa shape index (κ1) is 12.0. The lowest BCUT2D eigenvalue weighted by atomic mass is 10.5. The summed E-state index contributed by atoms with van der Waals surface area (Å²) in [7, 11) is 1.98. The van der Waals surface area contributed by atoms with Crippen molar-refractivity contribution in [2.45, 2.75) is 25.0 Å². The summed E-state index contributed by atoms with van der Waals surface area (Å²) in [4.78, 5) is 0. The van der Waals surface area contributed by atoms with Crippen LogP contribution >= 0.6 is 11.8 Å². The normalized spacial score (nSPS) is 10.9. The van der Waals surface area contributed by atoms with Gasteiger partial charge in [-0.25, -0.2) is 0 Å². The van der Waals surface area contributed by atoms with E-state index < -0.39 is 0 Å². The number of hydrogen-bond acceptors (Lipinski definition) is 5. The third-order valence-electron chi connectivity index (χ3n) is 2.48. The van der Waals surface area contributed by atoms with Crippen molar-refractivity contribution < 1.29 is 0 Å². The second-order valence-electron chi connectivity index (χ2n) is 3.79. The van der Waals surface area contributed by atoms with Crippen LogP contribution < -0.4 is 5.73 Å². The van der Waals surface area contributed by atoms with Gasteiger partial charge in [-0.05, 0) is 19.4 Å². The van der Waals surface area contributed by atoms with Crippen molar-refractivity contribution in [1.29, 1.82) is 0 Å². The number of hydrogen-bond donors (Lipinski definition) is 1. The summed E-state index contributed by atoms with van der Waals surface area (Å²) in [5.41, 5.74) is 5.54. The van der Waals surface area contributed by atoms with Crippen molar-refractivity contribution in [1.82, 2.24) is 24.5 Å². The third-order valence-corrected chi connectivity index (χ3v) is 3.58. The van der Waals surface area contributed by atoms with Crippen molar-refractivity contribution in [3.63, 3.8) is 0 Å². The fraction of sp³-hybridized carbons (Fsp3) is 0.500. The highest BCUT2D eigenvalue weighted by molar-refractivity contribution is 7.99. The molecule has 0 fully saturated rings. The van der Waals surface area contributed by atoms with Crippen LogP contribution in [0, 0.1) is 6.92 Å². The monoisotopic (exact) mass is 252 g/mol. The number of anilines is 1. The predicted molar refractivity (Wildman–Crippen MR) is 67.7 cm³/mol. The minimum atomic E-state index is 0.571. The zero-order valence-electron chi connectivity index (χ0n) is 10.00. The van der Waals surface area contributed by atoms with Gasteiger partial charge in [0.15, 0.2) is 5.16 Å². The van der Waals surface area contributed by atoms with Crippen LogP contribution in [0.3, 0.4) is 0 Å². The van der Waals surface area contributed by atoms with Gasteiger partial charge in [-0.3, -0.25) is 4.68 Å². The van der Waals surface area contributed by atoms with Gasteiger partial charge in [0.25, 0.3) is 0 Å². The van der Waals surface area contributed by atoms with Gasteiger partial charge in [0, 0.05) is 25.5 Å². The maximum absolute atomic E-state index is 5.54. The van der Waals surface area contributed by atoms with Crippen molar-refractivity contribution in [3.05, 3.63) is 18.1 Å². The molecule has 92 valence electrons. The SMILES string of the molecule is Cc1nnc(SCCCn2ccc(N)n2)n1C. The molecular weight excluding hydrogens is 236 g/mol. The highest BCUT2D eigenvalue weighted by Gasteiger charge is 2.04. The minimum Gasteiger partial charge on any atom is -0.382 e. The molecule has 0 saturated heterocycles. The lowest BCUT2D eigenvalue weighted by molar-refractivity contribution is 0.608. The number of rotatable bonds is 5. The topological polar surface area (TPSA) is 74.6 Å². The van der Waals surface area contributed by atoms with Gasteiger partial charge in [-0.15, -0.1) is 10.2 Å². The molecule has 0 atom stereocenters. The van der Waals surface area contributed by atoms with E-state index in [2.05, 4.69) is 15.3 Å². The Morgan fingerprint density at radius 3 is 2.82 bits per heavy atom. The molecule has 17 heavy (non-hydrogen) atoms. The number of nitrogens with two attached hydrogens (primary N) is 1. The molecule has 0 aliphatic carbocycles. The fourth-order valence-corrected chi connectivity index (χ4v) is 2.29. The smallest absolute Gasteiger partial charge is 0.190 e. The molecule has 0 aromatic carbocycles. The van der Waals surface area contributed by atoms with Gasteiger partial charge in [0.05, 0.1) is 0 Å². The molecule has 6 nitrogen and oxygen atoms in total. The van der Waals surface area contributed by atoms with E-state index in [9.17, 15) is 0 Å². The van der Waals surface area contributed by atoms with E-state index in [4.69, 9.17) is 5.73 Å². The zero-order chi connectivity index (χ0) is 12.3. The molecule has 2 N–H and O–H groups in total. The first-order valence-corrected chi connectivity index (χ1v) is 6.43. The Labute approximate surface area is 104 Å². The van der Waals surface area contributed by atoms with E-state index in [-0.39, 0.29) is 0 Å². The summed E-state index contributed by atoms with van der Waals surface area (Å²) in [6.07, 6.45) is 2.92. The quantitative estimate of drug-likeness (QED) is 0.636. The Hall–Kier alpha value is -1.50. The highest BCUT2D eigenvalue weighted by Crippen LogP contribution is 2.16. The van der Waals surface area contributed by atoms with E-state index >= 15 is 0 Å². The molecule has 2 aromatic rings. The summed E-state index contributed by atoms with van der Waals surface area (Å²) in [5, 5.41) is 13.2. The van der Waals surface area contributed by atoms with Crippen molar-refractivity contribution in [2.24, 2.45) is 7.05 Å². The third kappa shape index (κ3) is 3.00. The average Bonchev–Trinajstić information content (AvgIpc) is 2.84. The fourth-order valence-electron chi connectivity index (χ4n) is 1.41. The Morgan fingerprint density at radius 1 is 1.41 bits per heavy atom. The highest BCUT2D eigenvalue weighted by atomic mass is 32.2. The number of nitrogens with zero attached hydrogens (tertiary/aromatic N) is 5. The maximum atomic E-state index is 5.54. The van der Waals surface area contributed by atoms with Crippen molar-refractivity contribution in [2.75, 3.05) is 11.5 Å². The van der Waals surface area contributed by atoms with Gasteiger partial charge >= 0.3 is 0 Å². The van der Waals surface area contributed by atoms with Gasteiger partial charge in [0.1, 0.15) is 11.6 Å². The molecule has 2 heterocycles. The molecule has 0 unspecified atom stereocenters. The van der Waals surface area contributed by atoms with Gasteiger partial charge in [0.2, 0.25) is 0 Å². The van der Waals surface area contributed by atoms with Crippen molar-refractivity contribution in [3.8, 4) is 0 Å². The van der Waals surface area contributed by atoms with Crippen LogP contribution in [0.5, 0.6) is 0 Å². The summed E-state index contributed by atoms with van der Waals surface area (Å²) in [6.45, 7) is 2.82. The average molecular weight is 252 g/mol. The van der Waals surface area contributed by atoms with E-state index in [0.717, 1.165) is 29.7 Å². The number of nitrogen functional groups attached to an aromatic ring is 1. The summed E-state index contributed by atoms with van der Waals surface area (Å²) >= 11 is 1.71. The van der Waals surface area contributed by atoms with E-state index in [0.29, 0.717) is 5.82 Å². The molecule has 0 bridgehead atoms. The second-order valence-corrected chi connectivity index (χ2v) is 4.86. The first-order valence-electron chi connectivity index (χ1n) is 5.44. The van der Waals surface area contributed by atoms with E-state index in [1.807, 2.05) is 29.4 Å². The molecule has 2 aromatic heterocycles. The van der Waals surface area contributed by atoms with E-state index in [1.165, 1.54) is 0 Å². The maximum Gasteiger partial charge on any atom is 0.190 e. The van der Waals surface area contributed by atoms with Crippen LogP contribution in [0.4, 0.5) is 5.82 Å². The Kier molecular flexibility index (Phi) is 3.68. The number of aromatic nitrogens is 5. The lowest BCUT2D eigenvalue weighted by Gasteiger charge is -2.02. The van der Waals surface area contributed by atoms with Gasteiger partial charge in [-0.2, -0.15) is 5.10 Å². The standard InChI is InChI=1S/C10H16N6S/c1-8-12-13-10(15(8)2)17-7-3-5-16-6-4-9(11)14-16/h4,6H,3,5,7H2,1-2H3,(H2,11,14). The molecule has 2 rings (SSSR count). The van der Waals surface area contributed by atoms with Crippen LogP contribution in [0.2, 0.25) is 0 Å². The van der Waals surface area contributed by atoms with E-state index in [1.54, 1.807) is 17.8 Å². The molecule has 0 aliphatic rings. The Balaban J connectivity index is 1.75. The summed E-state index contributed by atoms with van der Waals surface area (Å²) in [6, 6.07) is 1.80. The zero-order valence-corrected chi connectivity index (χ0v) is 10.8. The minimum absolute atomic E-state index is 0.571. The van der Waals surface area contributed by atoms with Gasteiger partial charge in [-0.1, -0.05) is 11.8 Å². The number of thioether (sulfide) groups is 1. The Morgan fingerprint density at radius 2 is 2.24 bits per heavy atom. The molecule has 0 aliphatic heterocycles. The Bertz CT molecular complexity index is 489. The summed E-state index contributed by atoms with van der Waals surface area (Å²) < 4.78 is 3.86. The molecule has 7 heteroatoms. The molecule has 0 spiro atoms. The second kappa shape index (κ2) is 5.22. The largest absolute Gasteiger partial charge is 0.382 e. The molecule has 0 amide bonds. The van der Waals surface area contributed by atoms with Crippen LogP contribution in [-0.2, 0) is 13.6 Å². The number of aryl methyl sites for hydroxylation is 2. The molecular formula is C10H16N6S. The van der Waals surface area contributed by atoms with Crippen LogP contribution in [-0.4, -0.2) is 30.3 Å². The first-order chi connectivity index (χ1) is 8.16. The molecule has 0 radical (unpaired) electrons. The van der Waals surface area contributed by atoms with Crippen LogP contribution in [0.25, 0.3) is 0 Å². The van der Waals surface area contributed by atoms with Gasteiger partial charge < -0.3 is 10.3 Å². The lowest BCUT2D eigenvalue weighted by Crippen LogP contribution is -2.01.